The molecule has 0 unspecified atom stereocenters. The monoisotopic (exact) mass is 343 g/mol. The quantitative estimate of drug-likeness (QED) is 0.845. The van der Waals surface area contributed by atoms with Gasteiger partial charge in [-0.25, -0.2) is 8.42 Å². The van der Waals surface area contributed by atoms with E-state index in [9.17, 15) is 8.42 Å². The first-order chi connectivity index (χ1) is 10.4. The van der Waals surface area contributed by atoms with E-state index >= 15 is 0 Å². The van der Waals surface area contributed by atoms with E-state index in [1.807, 2.05) is 13.8 Å². The molecule has 0 saturated carbocycles. The SMILES string of the molecule is Cc1nnc([C@@H]2CN(S(=O)(=O)c3cc(C)c(C)s3)CCO2)o1. The molecule has 1 fully saturated rings. The fraction of sp³-hybridized carbons (Fsp3) is 0.538. The van der Waals surface area contributed by atoms with Gasteiger partial charge in [-0.05, 0) is 25.5 Å². The number of ether oxygens (including phenoxy) is 1. The van der Waals surface area contributed by atoms with Crippen molar-refractivity contribution in [2.75, 3.05) is 19.7 Å². The fourth-order valence-corrected chi connectivity index (χ4v) is 5.33. The molecule has 0 amide bonds. The zero-order chi connectivity index (χ0) is 15.9. The molecule has 0 radical (unpaired) electrons. The van der Waals surface area contributed by atoms with Crippen LogP contribution in [0.15, 0.2) is 14.7 Å². The van der Waals surface area contributed by atoms with Crippen LogP contribution in [0.4, 0.5) is 0 Å². The van der Waals surface area contributed by atoms with Crippen molar-refractivity contribution in [1.82, 2.24) is 14.5 Å². The molecule has 3 rings (SSSR count). The van der Waals surface area contributed by atoms with Crippen molar-refractivity contribution < 1.29 is 17.6 Å². The molecule has 1 saturated heterocycles. The van der Waals surface area contributed by atoms with Crippen LogP contribution in [0.1, 0.15) is 28.3 Å². The molecule has 0 aromatic carbocycles. The second-order valence-corrected chi connectivity index (χ2v) is 8.61. The Morgan fingerprint density at radius 2 is 2.09 bits per heavy atom. The number of hydrogen-bond acceptors (Lipinski definition) is 7. The highest BCUT2D eigenvalue weighted by Gasteiger charge is 2.34. The minimum atomic E-state index is -3.52. The molecular weight excluding hydrogens is 326 g/mol. The Morgan fingerprint density at radius 3 is 2.68 bits per heavy atom. The van der Waals surface area contributed by atoms with Gasteiger partial charge in [0.15, 0.2) is 0 Å². The smallest absolute Gasteiger partial charge is 0.252 e. The highest BCUT2D eigenvalue weighted by atomic mass is 32.2. The standard InChI is InChI=1S/C13H17N3O4S2/c1-8-6-12(21-9(8)2)22(17,18)16-4-5-19-11(7-16)13-15-14-10(3)20-13/h6,11H,4-5,7H2,1-3H3/t11-/m0/s1. The maximum atomic E-state index is 12.7. The highest BCUT2D eigenvalue weighted by Crippen LogP contribution is 2.30. The molecule has 120 valence electrons. The molecule has 0 N–H and O–H groups in total. The van der Waals surface area contributed by atoms with Gasteiger partial charge in [-0.15, -0.1) is 21.5 Å². The van der Waals surface area contributed by atoms with E-state index in [-0.39, 0.29) is 6.54 Å². The van der Waals surface area contributed by atoms with Crippen LogP contribution in [0.5, 0.6) is 0 Å². The Balaban J connectivity index is 1.84. The first-order valence-corrected chi connectivity index (χ1v) is 9.12. The maximum Gasteiger partial charge on any atom is 0.252 e. The number of thiophene rings is 1. The topological polar surface area (TPSA) is 85.5 Å². The lowest BCUT2D eigenvalue weighted by molar-refractivity contribution is -0.0176. The molecule has 2 aromatic heterocycles. The third kappa shape index (κ3) is 2.81. The number of aryl methyl sites for hydroxylation is 3. The third-order valence-corrected chi connectivity index (χ3v) is 7.05. The summed E-state index contributed by atoms with van der Waals surface area (Å²) in [6.45, 7) is 6.32. The first kappa shape index (κ1) is 15.6. The zero-order valence-corrected chi connectivity index (χ0v) is 14.2. The van der Waals surface area contributed by atoms with Crippen molar-refractivity contribution in [2.24, 2.45) is 0 Å². The van der Waals surface area contributed by atoms with Crippen LogP contribution < -0.4 is 0 Å². The molecule has 1 aliphatic rings. The first-order valence-electron chi connectivity index (χ1n) is 6.86. The van der Waals surface area contributed by atoms with E-state index in [0.717, 1.165) is 10.4 Å². The van der Waals surface area contributed by atoms with Gasteiger partial charge < -0.3 is 9.15 Å². The van der Waals surface area contributed by atoms with Crippen molar-refractivity contribution in [3.8, 4) is 0 Å². The van der Waals surface area contributed by atoms with Crippen LogP contribution >= 0.6 is 11.3 Å². The zero-order valence-electron chi connectivity index (χ0n) is 12.6. The Labute approximate surface area is 133 Å². The van der Waals surface area contributed by atoms with Crippen LogP contribution in [-0.2, 0) is 14.8 Å². The average molecular weight is 343 g/mol. The minimum absolute atomic E-state index is 0.181. The molecule has 7 nitrogen and oxygen atoms in total. The molecule has 2 aromatic rings. The van der Waals surface area contributed by atoms with E-state index < -0.39 is 16.1 Å². The lowest BCUT2D eigenvalue weighted by Crippen LogP contribution is -2.42. The van der Waals surface area contributed by atoms with Crippen LogP contribution in [0.2, 0.25) is 0 Å². The van der Waals surface area contributed by atoms with Crippen LogP contribution in [-0.4, -0.2) is 42.6 Å². The average Bonchev–Trinajstić information content (AvgIpc) is 3.06. The normalized spacial score (nSPS) is 20.4. The van der Waals surface area contributed by atoms with Crippen LogP contribution in [0, 0.1) is 20.8 Å². The number of morpholine rings is 1. The van der Waals surface area contributed by atoms with Crippen LogP contribution in [0.3, 0.4) is 0 Å². The summed E-state index contributed by atoms with van der Waals surface area (Å²) >= 11 is 1.29. The number of rotatable bonds is 3. The predicted molar refractivity (Wildman–Crippen MR) is 80.3 cm³/mol. The molecule has 3 heterocycles. The molecular formula is C13H17N3O4S2. The van der Waals surface area contributed by atoms with Crippen molar-refractivity contribution in [3.05, 3.63) is 28.3 Å². The minimum Gasteiger partial charge on any atom is -0.423 e. The molecule has 0 spiro atoms. The second-order valence-electron chi connectivity index (χ2n) is 5.19. The summed E-state index contributed by atoms with van der Waals surface area (Å²) in [4.78, 5) is 1.01. The summed E-state index contributed by atoms with van der Waals surface area (Å²) in [5.41, 5.74) is 0.987. The Morgan fingerprint density at radius 1 is 1.32 bits per heavy atom. The third-order valence-electron chi connectivity index (χ3n) is 3.58. The molecule has 9 heteroatoms. The number of sulfonamides is 1. The summed E-state index contributed by atoms with van der Waals surface area (Å²) in [7, 11) is -3.52. The molecule has 1 aliphatic heterocycles. The van der Waals surface area contributed by atoms with Gasteiger partial charge in [0.25, 0.3) is 10.0 Å². The van der Waals surface area contributed by atoms with E-state index in [4.69, 9.17) is 9.15 Å². The van der Waals surface area contributed by atoms with E-state index in [1.54, 1.807) is 13.0 Å². The molecule has 0 aliphatic carbocycles. The number of nitrogens with zero attached hydrogens (tertiary/aromatic N) is 3. The van der Waals surface area contributed by atoms with Gasteiger partial charge in [-0.3, -0.25) is 0 Å². The number of aromatic nitrogens is 2. The van der Waals surface area contributed by atoms with Crippen molar-refractivity contribution in [2.45, 2.75) is 31.1 Å². The maximum absolute atomic E-state index is 12.7. The Bertz CT molecular complexity index is 762. The Kier molecular flexibility index (Phi) is 4.06. The van der Waals surface area contributed by atoms with Crippen molar-refractivity contribution in [3.63, 3.8) is 0 Å². The van der Waals surface area contributed by atoms with Crippen molar-refractivity contribution >= 4 is 21.4 Å². The van der Waals surface area contributed by atoms with Gasteiger partial charge in [-0.2, -0.15) is 4.31 Å². The highest BCUT2D eigenvalue weighted by molar-refractivity contribution is 7.91. The van der Waals surface area contributed by atoms with Gasteiger partial charge in [-0.1, -0.05) is 0 Å². The molecule has 22 heavy (non-hydrogen) atoms. The van der Waals surface area contributed by atoms with Crippen molar-refractivity contribution in [1.29, 1.82) is 0 Å². The van der Waals surface area contributed by atoms with Gasteiger partial charge in [0.05, 0.1) is 6.61 Å². The lowest BCUT2D eigenvalue weighted by Gasteiger charge is -2.29. The fourth-order valence-electron chi connectivity index (χ4n) is 2.23. The summed E-state index contributed by atoms with van der Waals surface area (Å²) in [6, 6.07) is 1.72. The van der Waals surface area contributed by atoms with E-state index in [1.165, 1.54) is 15.6 Å². The van der Waals surface area contributed by atoms with E-state index in [2.05, 4.69) is 10.2 Å². The van der Waals surface area contributed by atoms with Crippen LogP contribution in [0.25, 0.3) is 0 Å². The van der Waals surface area contributed by atoms with Gasteiger partial charge >= 0.3 is 0 Å². The van der Waals surface area contributed by atoms with Gasteiger partial charge in [0, 0.05) is 24.9 Å². The predicted octanol–water partition coefficient (Wildman–Crippen LogP) is 1.82. The summed E-state index contributed by atoms with van der Waals surface area (Å²) in [5, 5.41) is 7.68. The molecule has 1 atom stereocenters. The molecule has 0 bridgehead atoms. The summed E-state index contributed by atoms with van der Waals surface area (Å²) < 4.78 is 38.2. The Hall–Kier alpha value is -1.29. The van der Waals surface area contributed by atoms with E-state index in [0.29, 0.717) is 29.1 Å². The summed E-state index contributed by atoms with van der Waals surface area (Å²) in [6.07, 6.45) is -0.521. The summed E-state index contributed by atoms with van der Waals surface area (Å²) in [5.74, 6) is 0.749. The second kappa shape index (κ2) is 5.73. The lowest BCUT2D eigenvalue weighted by atomic mass is 10.3. The van der Waals surface area contributed by atoms with Gasteiger partial charge in [0.1, 0.15) is 10.3 Å². The number of hydrogen-bond donors (Lipinski definition) is 0. The van der Waals surface area contributed by atoms with Gasteiger partial charge in [0.2, 0.25) is 11.8 Å². The largest absolute Gasteiger partial charge is 0.423 e.